The number of nitrogen functional groups attached to an aromatic ring is 1. The molecule has 24 heavy (non-hydrogen) atoms. The first-order valence-corrected chi connectivity index (χ1v) is 7.43. The van der Waals surface area contributed by atoms with E-state index in [-0.39, 0.29) is 17.6 Å². The molecule has 3 aromatic rings. The monoisotopic (exact) mass is 326 g/mol. The molecule has 0 saturated heterocycles. The number of rotatable bonds is 4. The average molecular weight is 326 g/mol. The normalized spacial score (nSPS) is 13.9. The quantitative estimate of drug-likeness (QED) is 0.722. The first kappa shape index (κ1) is 14.4. The van der Waals surface area contributed by atoms with Crippen LogP contribution in [0.1, 0.15) is 25.8 Å². The van der Waals surface area contributed by atoms with Gasteiger partial charge in [0.1, 0.15) is 23.3 Å². The number of carbonyl (C=O) groups is 1. The number of nitrogens with zero attached hydrogens (tertiary/aromatic N) is 5. The zero-order valence-corrected chi connectivity index (χ0v) is 12.8. The smallest absolute Gasteiger partial charge is 0.308 e. The Kier molecular flexibility index (Phi) is 3.26. The van der Waals surface area contributed by atoms with Crippen molar-refractivity contribution in [3.63, 3.8) is 0 Å². The maximum atomic E-state index is 11.1. The van der Waals surface area contributed by atoms with E-state index in [1.165, 1.54) is 25.5 Å². The highest BCUT2D eigenvalue weighted by molar-refractivity contribution is 5.90. The molecule has 0 radical (unpaired) electrons. The van der Waals surface area contributed by atoms with Gasteiger partial charge in [0.25, 0.3) is 5.88 Å². The van der Waals surface area contributed by atoms with Crippen LogP contribution in [-0.2, 0) is 4.79 Å². The average Bonchev–Trinajstić information content (AvgIpc) is 3.31. The molecule has 9 heteroatoms. The second-order valence-corrected chi connectivity index (χ2v) is 5.46. The Morgan fingerprint density at radius 1 is 1.33 bits per heavy atom. The molecule has 1 aliphatic rings. The lowest BCUT2D eigenvalue weighted by Gasteiger charge is -2.04. The predicted molar refractivity (Wildman–Crippen MR) is 83.6 cm³/mol. The highest BCUT2D eigenvalue weighted by atomic mass is 16.5. The van der Waals surface area contributed by atoms with Crippen LogP contribution in [0.15, 0.2) is 24.7 Å². The summed E-state index contributed by atoms with van der Waals surface area (Å²) in [4.78, 5) is 23.4. The van der Waals surface area contributed by atoms with E-state index in [0.717, 1.165) is 12.8 Å². The van der Waals surface area contributed by atoms with Gasteiger partial charge in [-0.2, -0.15) is 0 Å². The summed E-state index contributed by atoms with van der Waals surface area (Å²) >= 11 is 0. The molecule has 122 valence electrons. The third-order valence-electron chi connectivity index (χ3n) is 3.55. The standard InChI is InChI=1S/C15H14N6O3/c1-8(22)23-10-4-5-17-11(6-10)24-15-12-13(16)18-7-19-14(12)21(20-15)9-2-3-9/h4-7,9H,2-3H2,1H3,(H2,16,18,19). The maximum absolute atomic E-state index is 11.1. The maximum Gasteiger partial charge on any atom is 0.308 e. The number of ether oxygens (including phenoxy) is 2. The van der Waals surface area contributed by atoms with Gasteiger partial charge in [0.15, 0.2) is 5.65 Å². The topological polar surface area (TPSA) is 118 Å². The van der Waals surface area contributed by atoms with E-state index in [2.05, 4.69) is 20.1 Å². The molecule has 0 amide bonds. The van der Waals surface area contributed by atoms with Gasteiger partial charge in [0.05, 0.1) is 6.04 Å². The summed E-state index contributed by atoms with van der Waals surface area (Å²) in [6.07, 6.45) is 4.97. The Balaban J connectivity index is 1.73. The van der Waals surface area contributed by atoms with Crippen molar-refractivity contribution in [2.45, 2.75) is 25.8 Å². The van der Waals surface area contributed by atoms with E-state index in [1.54, 1.807) is 10.7 Å². The molecule has 3 heterocycles. The number of aromatic nitrogens is 5. The van der Waals surface area contributed by atoms with Crippen LogP contribution in [0.4, 0.5) is 5.82 Å². The molecule has 9 nitrogen and oxygen atoms in total. The Morgan fingerprint density at radius 2 is 2.17 bits per heavy atom. The summed E-state index contributed by atoms with van der Waals surface area (Å²) in [7, 11) is 0. The number of carbonyl (C=O) groups excluding carboxylic acids is 1. The van der Waals surface area contributed by atoms with E-state index >= 15 is 0 Å². The Hall–Kier alpha value is -3.23. The molecule has 1 aliphatic carbocycles. The fourth-order valence-electron chi connectivity index (χ4n) is 2.38. The largest absolute Gasteiger partial charge is 0.426 e. The highest BCUT2D eigenvalue weighted by Gasteiger charge is 2.29. The Morgan fingerprint density at radius 3 is 2.92 bits per heavy atom. The van der Waals surface area contributed by atoms with Crippen molar-refractivity contribution >= 4 is 22.8 Å². The van der Waals surface area contributed by atoms with E-state index in [4.69, 9.17) is 15.2 Å². The van der Waals surface area contributed by atoms with Gasteiger partial charge in [0.2, 0.25) is 5.88 Å². The zero-order valence-electron chi connectivity index (χ0n) is 12.8. The van der Waals surface area contributed by atoms with Crippen LogP contribution in [0.5, 0.6) is 17.5 Å². The van der Waals surface area contributed by atoms with Gasteiger partial charge < -0.3 is 15.2 Å². The number of hydrogen-bond donors (Lipinski definition) is 1. The molecule has 0 aliphatic heterocycles. The second-order valence-electron chi connectivity index (χ2n) is 5.46. The molecular formula is C15H14N6O3. The second kappa shape index (κ2) is 5.44. The minimum atomic E-state index is -0.423. The van der Waals surface area contributed by atoms with Crippen LogP contribution in [-0.4, -0.2) is 30.7 Å². The van der Waals surface area contributed by atoms with Gasteiger partial charge in [-0.25, -0.2) is 19.6 Å². The van der Waals surface area contributed by atoms with Gasteiger partial charge in [-0.3, -0.25) is 4.79 Å². The van der Waals surface area contributed by atoms with E-state index in [1.807, 2.05) is 0 Å². The van der Waals surface area contributed by atoms with Gasteiger partial charge in [-0.1, -0.05) is 0 Å². The van der Waals surface area contributed by atoms with Crippen LogP contribution >= 0.6 is 0 Å². The summed E-state index contributed by atoms with van der Waals surface area (Å²) in [6, 6.07) is 3.37. The summed E-state index contributed by atoms with van der Waals surface area (Å²) in [5.74, 6) is 0.718. The number of fused-ring (bicyclic) bond motifs is 1. The van der Waals surface area contributed by atoms with Gasteiger partial charge >= 0.3 is 5.97 Å². The molecule has 0 bridgehead atoms. The summed E-state index contributed by atoms with van der Waals surface area (Å²) in [5.41, 5.74) is 6.60. The molecule has 2 N–H and O–H groups in total. The van der Waals surface area contributed by atoms with Crippen molar-refractivity contribution in [3.8, 4) is 17.5 Å². The highest BCUT2D eigenvalue weighted by Crippen LogP contribution is 2.40. The lowest BCUT2D eigenvalue weighted by Crippen LogP contribution is -2.01. The molecule has 1 saturated carbocycles. The van der Waals surface area contributed by atoms with Crippen LogP contribution in [0, 0.1) is 0 Å². The fourth-order valence-corrected chi connectivity index (χ4v) is 2.38. The summed E-state index contributed by atoms with van der Waals surface area (Å²) < 4.78 is 12.6. The predicted octanol–water partition coefficient (Wildman–Crippen LogP) is 1.86. The van der Waals surface area contributed by atoms with Gasteiger partial charge in [-0.15, -0.1) is 5.10 Å². The van der Waals surface area contributed by atoms with Crippen molar-refractivity contribution in [1.29, 1.82) is 0 Å². The van der Waals surface area contributed by atoms with Crippen LogP contribution in [0.2, 0.25) is 0 Å². The van der Waals surface area contributed by atoms with Crippen molar-refractivity contribution in [2.24, 2.45) is 0 Å². The lowest BCUT2D eigenvalue weighted by atomic mass is 10.4. The molecule has 0 atom stereocenters. The van der Waals surface area contributed by atoms with Crippen LogP contribution < -0.4 is 15.2 Å². The number of esters is 1. The Labute approximate surface area is 136 Å². The number of hydrogen-bond acceptors (Lipinski definition) is 8. The van der Waals surface area contributed by atoms with Crippen molar-refractivity contribution in [3.05, 3.63) is 24.7 Å². The zero-order chi connectivity index (χ0) is 16.7. The number of anilines is 1. The SMILES string of the molecule is CC(=O)Oc1ccnc(Oc2nn(C3CC3)c3ncnc(N)c23)c1. The third-order valence-corrected chi connectivity index (χ3v) is 3.55. The number of pyridine rings is 1. The van der Waals surface area contributed by atoms with Gasteiger partial charge in [-0.05, 0) is 18.9 Å². The van der Waals surface area contributed by atoms with Gasteiger partial charge in [0, 0.05) is 19.2 Å². The lowest BCUT2D eigenvalue weighted by molar-refractivity contribution is -0.131. The molecule has 4 rings (SSSR count). The molecule has 0 spiro atoms. The minimum Gasteiger partial charge on any atom is -0.426 e. The van der Waals surface area contributed by atoms with E-state index < -0.39 is 5.97 Å². The van der Waals surface area contributed by atoms with E-state index in [0.29, 0.717) is 22.8 Å². The molecular weight excluding hydrogens is 312 g/mol. The molecule has 0 aromatic carbocycles. The minimum absolute atomic E-state index is 0.236. The van der Waals surface area contributed by atoms with Crippen molar-refractivity contribution in [2.75, 3.05) is 5.73 Å². The van der Waals surface area contributed by atoms with Crippen LogP contribution in [0.3, 0.4) is 0 Å². The van der Waals surface area contributed by atoms with E-state index in [9.17, 15) is 4.79 Å². The molecule has 3 aromatic heterocycles. The van der Waals surface area contributed by atoms with Crippen molar-refractivity contribution < 1.29 is 14.3 Å². The third kappa shape index (κ3) is 2.60. The Bertz CT molecular complexity index is 934. The van der Waals surface area contributed by atoms with Crippen molar-refractivity contribution in [1.82, 2.24) is 24.7 Å². The first-order chi connectivity index (χ1) is 11.6. The van der Waals surface area contributed by atoms with Crippen LogP contribution in [0.25, 0.3) is 11.0 Å². The fraction of sp³-hybridized carbons (Fsp3) is 0.267. The summed E-state index contributed by atoms with van der Waals surface area (Å²) in [5, 5.41) is 5.01. The summed E-state index contributed by atoms with van der Waals surface area (Å²) in [6.45, 7) is 1.32. The number of nitrogens with two attached hydrogens (primary N) is 1. The molecule has 0 unspecified atom stereocenters. The molecule has 1 fully saturated rings. The first-order valence-electron chi connectivity index (χ1n) is 7.43.